The van der Waals surface area contributed by atoms with Crippen molar-refractivity contribution >= 4 is 62.1 Å². The molecule has 0 atom stereocenters. The minimum atomic E-state index is -3.64. The average Bonchev–Trinajstić information content (AvgIpc) is 3.50. The number of hydrogen-bond donors (Lipinski definition) is 0. The van der Waals surface area contributed by atoms with Gasteiger partial charge in [-0.1, -0.05) is 0 Å². The third-order valence-electron chi connectivity index (χ3n) is 4.39. The summed E-state index contributed by atoms with van der Waals surface area (Å²) in [5, 5.41) is 0. The van der Waals surface area contributed by atoms with Gasteiger partial charge in [-0.3, -0.25) is 0 Å². The molecular weight excluding hydrogens is 559 g/mol. The molecule has 0 aliphatic carbocycles. The molecule has 180 valence electrons. The van der Waals surface area contributed by atoms with Gasteiger partial charge in [0, 0.05) is 31.1 Å². The zero-order valence-corrected chi connectivity index (χ0v) is 22.5. The first-order chi connectivity index (χ1) is 16.0. The Labute approximate surface area is 215 Å². The first-order valence-electron chi connectivity index (χ1n) is 9.39. The number of ether oxygens (including phenoxy) is 2. The van der Waals surface area contributed by atoms with Gasteiger partial charge in [-0.15, -0.1) is 22.7 Å². The van der Waals surface area contributed by atoms with Gasteiger partial charge in [-0.2, -0.15) is 0 Å². The Morgan fingerprint density at radius 3 is 1.12 bits per heavy atom. The monoisotopic (exact) mass is 576 g/mol. The van der Waals surface area contributed by atoms with Crippen molar-refractivity contribution in [3.8, 4) is 32.4 Å². The van der Waals surface area contributed by atoms with E-state index in [9.17, 15) is 16.8 Å². The lowest BCUT2D eigenvalue weighted by molar-refractivity contribution is 0.415. The van der Waals surface area contributed by atoms with Crippen LogP contribution in [0.3, 0.4) is 0 Å². The number of rotatable bonds is 6. The summed E-state index contributed by atoms with van der Waals surface area (Å²) in [7, 11) is 6.46. The molecule has 34 heavy (non-hydrogen) atoms. The largest absolute Gasteiger partial charge is 0.497 e. The van der Waals surface area contributed by atoms with Gasteiger partial charge in [0.2, 0.25) is 0 Å². The van der Waals surface area contributed by atoms with Crippen LogP contribution in [-0.2, 0) is 18.1 Å². The van der Waals surface area contributed by atoms with Crippen LogP contribution in [0.2, 0.25) is 0 Å². The van der Waals surface area contributed by atoms with E-state index in [2.05, 4.69) is 0 Å². The summed E-state index contributed by atoms with van der Waals surface area (Å²) in [5.74, 6) is 1.52. The highest BCUT2D eigenvalue weighted by Gasteiger charge is 2.14. The number of hydrogen-bond acceptors (Lipinski definition) is 8. The third-order valence-corrected chi connectivity index (χ3v) is 10.8. The second-order valence-electron chi connectivity index (χ2n) is 6.57. The second-order valence-corrected chi connectivity index (χ2v) is 14.3. The van der Waals surface area contributed by atoms with Crippen LogP contribution in [0.25, 0.3) is 20.9 Å². The van der Waals surface area contributed by atoms with E-state index < -0.39 is 18.1 Å². The SMILES string of the molecule is COc1ccc(-c2ccc(S(=O)(=O)Cl)s2)cc1.COc1ccc(-c2ccc(S(=O)(=O)Cl)s2)cc1. The number of thiophene rings is 2. The molecule has 2 heterocycles. The van der Waals surface area contributed by atoms with Gasteiger partial charge in [0.05, 0.1) is 14.2 Å². The number of benzene rings is 2. The van der Waals surface area contributed by atoms with E-state index in [0.29, 0.717) is 0 Å². The summed E-state index contributed by atoms with van der Waals surface area (Å²) in [6, 6.07) is 21.3. The summed E-state index contributed by atoms with van der Waals surface area (Å²) in [4.78, 5) is 1.71. The smallest absolute Gasteiger partial charge is 0.270 e. The van der Waals surface area contributed by atoms with Crippen molar-refractivity contribution in [3.63, 3.8) is 0 Å². The zero-order chi connectivity index (χ0) is 24.9. The van der Waals surface area contributed by atoms with Gasteiger partial charge < -0.3 is 9.47 Å². The molecule has 2 aromatic carbocycles. The van der Waals surface area contributed by atoms with Gasteiger partial charge >= 0.3 is 0 Å². The van der Waals surface area contributed by atoms with Gasteiger partial charge in [0.25, 0.3) is 18.1 Å². The highest BCUT2D eigenvalue weighted by molar-refractivity contribution is 8.15. The maximum Gasteiger partial charge on any atom is 0.270 e. The molecule has 6 nitrogen and oxygen atoms in total. The first-order valence-corrected chi connectivity index (χ1v) is 15.6. The molecule has 0 radical (unpaired) electrons. The molecule has 0 bridgehead atoms. The van der Waals surface area contributed by atoms with Crippen molar-refractivity contribution in [2.24, 2.45) is 0 Å². The van der Waals surface area contributed by atoms with Crippen LogP contribution in [-0.4, -0.2) is 31.1 Å². The van der Waals surface area contributed by atoms with Crippen LogP contribution in [0, 0.1) is 0 Å². The molecular formula is C22H18Cl2O6S4. The standard InChI is InChI=1S/2C11H9ClO3S2/c2*1-15-9-4-2-8(3-5-9)10-6-7-11(16-10)17(12,13)14/h2*2-7H,1H3. The fourth-order valence-electron chi connectivity index (χ4n) is 2.72. The summed E-state index contributed by atoms with van der Waals surface area (Å²) in [6.07, 6.45) is 0. The molecule has 4 rings (SSSR count). The molecule has 0 N–H and O–H groups in total. The lowest BCUT2D eigenvalue weighted by Crippen LogP contribution is -1.83. The van der Waals surface area contributed by atoms with Crippen molar-refractivity contribution < 1.29 is 26.3 Å². The predicted octanol–water partition coefficient (Wildman–Crippen LogP) is 6.70. The quantitative estimate of drug-likeness (QED) is 0.237. The van der Waals surface area contributed by atoms with Gasteiger partial charge in [-0.25, -0.2) is 16.8 Å². The Hall–Kier alpha value is -2.08. The van der Waals surface area contributed by atoms with Crippen molar-refractivity contribution in [1.29, 1.82) is 0 Å². The van der Waals surface area contributed by atoms with Crippen LogP contribution in [0.15, 0.2) is 81.2 Å². The van der Waals surface area contributed by atoms with Crippen molar-refractivity contribution in [2.45, 2.75) is 8.42 Å². The maximum absolute atomic E-state index is 11.1. The predicted molar refractivity (Wildman–Crippen MR) is 139 cm³/mol. The van der Waals surface area contributed by atoms with Crippen LogP contribution < -0.4 is 9.47 Å². The zero-order valence-electron chi connectivity index (χ0n) is 17.8. The Bertz CT molecular complexity index is 1340. The van der Waals surface area contributed by atoms with E-state index in [1.54, 1.807) is 26.4 Å². The lowest BCUT2D eigenvalue weighted by Gasteiger charge is -2.00. The normalized spacial score (nSPS) is 11.4. The lowest BCUT2D eigenvalue weighted by atomic mass is 10.2. The Balaban J connectivity index is 0.000000191. The third kappa shape index (κ3) is 6.97. The van der Waals surface area contributed by atoms with Crippen LogP contribution >= 0.6 is 44.0 Å². The van der Waals surface area contributed by atoms with Crippen molar-refractivity contribution in [3.05, 3.63) is 72.8 Å². The molecule has 0 aliphatic rings. The summed E-state index contributed by atoms with van der Waals surface area (Å²) in [6.45, 7) is 0. The highest BCUT2D eigenvalue weighted by Crippen LogP contribution is 2.34. The van der Waals surface area contributed by atoms with E-state index >= 15 is 0 Å². The topological polar surface area (TPSA) is 86.7 Å². The van der Waals surface area contributed by atoms with E-state index in [-0.39, 0.29) is 8.42 Å². The molecule has 0 saturated heterocycles. The van der Waals surface area contributed by atoms with Crippen molar-refractivity contribution in [2.75, 3.05) is 14.2 Å². The Morgan fingerprint density at radius 1 is 0.559 bits per heavy atom. The summed E-state index contributed by atoms with van der Waals surface area (Å²) < 4.78 is 55.0. The molecule has 4 aromatic rings. The molecule has 0 spiro atoms. The van der Waals surface area contributed by atoms with Crippen LogP contribution in [0.4, 0.5) is 0 Å². The highest BCUT2D eigenvalue weighted by atomic mass is 35.7. The molecule has 0 saturated carbocycles. The van der Waals surface area contributed by atoms with Gasteiger partial charge in [-0.05, 0) is 83.9 Å². The fraction of sp³-hybridized carbons (Fsp3) is 0.0909. The molecule has 2 aromatic heterocycles. The van der Waals surface area contributed by atoms with E-state index in [0.717, 1.165) is 55.1 Å². The molecule has 0 aliphatic heterocycles. The minimum Gasteiger partial charge on any atom is -0.497 e. The Kier molecular flexibility index (Phi) is 8.66. The fourth-order valence-corrected chi connectivity index (χ4v) is 6.88. The van der Waals surface area contributed by atoms with Crippen molar-refractivity contribution in [1.82, 2.24) is 0 Å². The number of methoxy groups -OCH3 is 2. The average molecular weight is 578 g/mol. The van der Waals surface area contributed by atoms with Crippen LogP contribution in [0.5, 0.6) is 11.5 Å². The second kappa shape index (κ2) is 11.1. The van der Waals surface area contributed by atoms with E-state index in [4.69, 9.17) is 30.8 Å². The molecule has 0 fully saturated rings. The molecule has 12 heteroatoms. The summed E-state index contributed by atoms with van der Waals surface area (Å²) in [5.41, 5.74) is 1.87. The van der Waals surface area contributed by atoms with Gasteiger partial charge in [0.1, 0.15) is 19.9 Å². The first kappa shape index (κ1) is 26.5. The molecule has 0 unspecified atom stereocenters. The van der Waals surface area contributed by atoms with Gasteiger partial charge in [0.15, 0.2) is 0 Å². The minimum absolute atomic E-state index is 0.157. The Morgan fingerprint density at radius 2 is 0.882 bits per heavy atom. The van der Waals surface area contributed by atoms with E-state index in [1.807, 2.05) is 48.5 Å². The van der Waals surface area contributed by atoms with Crippen LogP contribution in [0.1, 0.15) is 0 Å². The molecule has 0 amide bonds. The summed E-state index contributed by atoms with van der Waals surface area (Å²) >= 11 is 2.29. The van der Waals surface area contributed by atoms with E-state index in [1.165, 1.54) is 12.1 Å². The maximum atomic E-state index is 11.1. The number of halogens is 2.